The molecule has 0 aromatic rings. The summed E-state index contributed by atoms with van der Waals surface area (Å²) in [5.74, 6) is 1.70. The maximum atomic E-state index is 10.1. The normalized spacial score (nSPS) is 18.3. The van der Waals surface area contributed by atoms with Crippen LogP contribution in [0.15, 0.2) is 0 Å². The van der Waals surface area contributed by atoms with Gasteiger partial charge in [0.05, 0.1) is 11.2 Å². The van der Waals surface area contributed by atoms with E-state index in [2.05, 4.69) is 0 Å². The molecule has 0 unspecified atom stereocenters. The van der Waals surface area contributed by atoms with Crippen LogP contribution in [-0.4, -0.2) is 72.6 Å². The van der Waals surface area contributed by atoms with E-state index < -0.39 is 31.0 Å². The van der Waals surface area contributed by atoms with Gasteiger partial charge in [-0.1, -0.05) is 13.8 Å². The third-order valence-corrected chi connectivity index (χ3v) is 5.85. The van der Waals surface area contributed by atoms with E-state index in [9.17, 15) is 20.4 Å². The average molecular weight is 314 g/mol. The van der Waals surface area contributed by atoms with Crippen molar-refractivity contribution in [1.82, 2.24) is 0 Å². The van der Waals surface area contributed by atoms with E-state index in [1.807, 2.05) is 13.8 Å². The second-order valence-corrected chi connectivity index (χ2v) is 7.13. The van der Waals surface area contributed by atoms with Crippen LogP contribution in [0, 0.1) is 0 Å². The van der Waals surface area contributed by atoms with Crippen LogP contribution < -0.4 is 0 Å². The quantitative estimate of drug-likeness (QED) is 0.343. The van der Waals surface area contributed by atoms with E-state index in [0.29, 0.717) is 0 Å². The number of hydrogen-bond acceptors (Lipinski definition) is 7. The molecule has 7 heteroatoms. The molecule has 0 amide bonds. The van der Waals surface area contributed by atoms with Crippen LogP contribution in [0.2, 0.25) is 0 Å². The predicted octanol–water partition coefficient (Wildman–Crippen LogP) is 0.0348. The highest BCUT2D eigenvalue weighted by Gasteiger charge is 2.34. The standard InChI is InChI=1S/C12H26O5S2/c1-3-5-18-12(19-6-4-2)11(17)10(16)9(15)8(14)7-13/h8-17H,3-7H2,1-2H3/t8-,9+,10+,11-/m1/s1. The summed E-state index contributed by atoms with van der Waals surface area (Å²) in [4.78, 5) is 0. The maximum absolute atomic E-state index is 10.1. The third-order valence-electron chi connectivity index (χ3n) is 2.53. The molecule has 0 bridgehead atoms. The SMILES string of the molecule is CCCSC(SCCC)[C@H](O)[C@@H](O)[C@@H](O)[C@H](O)CO. The minimum atomic E-state index is -1.55. The summed E-state index contributed by atoms with van der Waals surface area (Å²) in [6.45, 7) is 3.41. The van der Waals surface area contributed by atoms with Crippen molar-refractivity contribution in [3.63, 3.8) is 0 Å². The fraction of sp³-hybridized carbons (Fsp3) is 1.00. The lowest BCUT2D eigenvalue weighted by molar-refractivity contribution is -0.111. The highest BCUT2D eigenvalue weighted by Crippen LogP contribution is 2.30. The first kappa shape index (κ1) is 19.5. The van der Waals surface area contributed by atoms with Crippen LogP contribution in [0.3, 0.4) is 0 Å². The molecule has 0 aromatic carbocycles. The van der Waals surface area contributed by atoms with Gasteiger partial charge >= 0.3 is 0 Å². The van der Waals surface area contributed by atoms with Gasteiger partial charge in [-0.15, -0.1) is 23.5 Å². The summed E-state index contributed by atoms with van der Waals surface area (Å²) in [6.07, 6.45) is -3.70. The minimum absolute atomic E-state index is 0.254. The highest BCUT2D eigenvalue weighted by molar-refractivity contribution is 8.17. The van der Waals surface area contributed by atoms with E-state index in [4.69, 9.17) is 5.11 Å². The van der Waals surface area contributed by atoms with Crippen LogP contribution in [-0.2, 0) is 0 Å². The number of rotatable bonds is 11. The molecule has 4 atom stereocenters. The van der Waals surface area contributed by atoms with Crippen LogP contribution >= 0.6 is 23.5 Å². The summed E-state index contributed by atoms with van der Waals surface area (Å²) in [5, 5.41) is 47.6. The van der Waals surface area contributed by atoms with E-state index in [1.165, 1.54) is 23.5 Å². The van der Waals surface area contributed by atoms with Crippen LogP contribution in [0.1, 0.15) is 26.7 Å². The summed E-state index contributed by atoms with van der Waals surface area (Å²) in [7, 11) is 0. The first-order valence-electron chi connectivity index (χ1n) is 6.55. The van der Waals surface area contributed by atoms with Crippen molar-refractivity contribution in [3.8, 4) is 0 Å². The van der Waals surface area contributed by atoms with Gasteiger partial charge in [0.1, 0.15) is 24.4 Å². The van der Waals surface area contributed by atoms with Gasteiger partial charge in [-0.3, -0.25) is 0 Å². The van der Waals surface area contributed by atoms with Crippen molar-refractivity contribution in [2.75, 3.05) is 18.1 Å². The molecule has 116 valence electrons. The van der Waals surface area contributed by atoms with Gasteiger partial charge in [-0.05, 0) is 24.3 Å². The zero-order valence-electron chi connectivity index (χ0n) is 11.5. The summed E-state index contributed by atoms with van der Waals surface area (Å²) < 4.78 is -0.254. The van der Waals surface area contributed by atoms with Crippen molar-refractivity contribution in [1.29, 1.82) is 0 Å². The molecule has 0 saturated heterocycles. The molecule has 0 spiro atoms. The van der Waals surface area contributed by atoms with Gasteiger partial charge in [0, 0.05) is 0 Å². The fourth-order valence-electron chi connectivity index (χ4n) is 1.41. The fourth-order valence-corrected chi connectivity index (χ4v) is 4.03. The molecular formula is C12H26O5S2. The Bertz CT molecular complexity index is 212. The Kier molecular flexibility index (Phi) is 11.5. The third kappa shape index (κ3) is 7.17. The number of aliphatic hydroxyl groups excluding tert-OH is 5. The summed E-state index contributed by atoms with van der Waals surface area (Å²) in [6, 6.07) is 0. The second kappa shape index (κ2) is 11.2. The van der Waals surface area contributed by atoms with E-state index in [0.717, 1.165) is 24.3 Å². The minimum Gasteiger partial charge on any atom is -0.394 e. The van der Waals surface area contributed by atoms with Gasteiger partial charge in [0.25, 0.3) is 0 Å². The smallest absolute Gasteiger partial charge is 0.111 e. The molecule has 0 fully saturated rings. The first-order valence-corrected chi connectivity index (χ1v) is 8.65. The zero-order valence-corrected chi connectivity index (χ0v) is 13.1. The monoisotopic (exact) mass is 314 g/mol. The predicted molar refractivity (Wildman–Crippen MR) is 80.4 cm³/mol. The van der Waals surface area contributed by atoms with Crippen molar-refractivity contribution >= 4 is 23.5 Å². The van der Waals surface area contributed by atoms with Gasteiger partial charge in [0.2, 0.25) is 0 Å². The Balaban J connectivity index is 4.52. The summed E-state index contributed by atoms with van der Waals surface area (Å²) in [5.41, 5.74) is 0. The molecule has 0 aliphatic carbocycles. The molecule has 0 rings (SSSR count). The number of hydrogen-bond donors (Lipinski definition) is 5. The molecule has 19 heavy (non-hydrogen) atoms. The van der Waals surface area contributed by atoms with Crippen molar-refractivity contribution in [3.05, 3.63) is 0 Å². The Morgan fingerprint density at radius 3 is 1.63 bits per heavy atom. The molecule has 0 aliphatic rings. The lowest BCUT2D eigenvalue weighted by Gasteiger charge is -2.30. The average Bonchev–Trinajstić information content (AvgIpc) is 2.44. The Morgan fingerprint density at radius 2 is 1.26 bits per heavy atom. The van der Waals surface area contributed by atoms with E-state index in [-0.39, 0.29) is 4.58 Å². The largest absolute Gasteiger partial charge is 0.394 e. The van der Waals surface area contributed by atoms with E-state index in [1.54, 1.807) is 0 Å². The molecule has 0 aliphatic heterocycles. The molecule has 0 saturated carbocycles. The maximum Gasteiger partial charge on any atom is 0.111 e. The van der Waals surface area contributed by atoms with E-state index >= 15 is 0 Å². The molecule has 5 N–H and O–H groups in total. The Labute approximate surface area is 123 Å². The van der Waals surface area contributed by atoms with Crippen LogP contribution in [0.5, 0.6) is 0 Å². The van der Waals surface area contributed by atoms with Crippen molar-refractivity contribution < 1.29 is 25.5 Å². The van der Waals surface area contributed by atoms with Crippen molar-refractivity contribution in [2.24, 2.45) is 0 Å². The van der Waals surface area contributed by atoms with Crippen molar-refractivity contribution in [2.45, 2.75) is 55.7 Å². The topological polar surface area (TPSA) is 101 Å². The Morgan fingerprint density at radius 1 is 0.789 bits per heavy atom. The lowest BCUT2D eigenvalue weighted by atomic mass is 10.0. The summed E-state index contributed by atoms with van der Waals surface area (Å²) >= 11 is 3.06. The number of thioether (sulfide) groups is 2. The first-order chi connectivity index (χ1) is 8.99. The van der Waals surface area contributed by atoms with Crippen LogP contribution in [0.4, 0.5) is 0 Å². The lowest BCUT2D eigenvalue weighted by Crippen LogP contribution is -2.48. The molecule has 0 aromatic heterocycles. The number of aliphatic hydroxyl groups is 5. The highest BCUT2D eigenvalue weighted by atomic mass is 32.2. The Hall–Kier alpha value is 0.500. The molecule has 0 heterocycles. The zero-order chi connectivity index (χ0) is 14.8. The second-order valence-electron chi connectivity index (χ2n) is 4.33. The molecule has 5 nitrogen and oxygen atoms in total. The van der Waals surface area contributed by atoms with Gasteiger partial charge in [-0.25, -0.2) is 0 Å². The van der Waals surface area contributed by atoms with Crippen LogP contribution in [0.25, 0.3) is 0 Å². The van der Waals surface area contributed by atoms with Gasteiger partial charge in [0.15, 0.2) is 0 Å². The molecular weight excluding hydrogens is 288 g/mol. The molecule has 0 radical (unpaired) electrons. The van der Waals surface area contributed by atoms with Gasteiger partial charge < -0.3 is 25.5 Å². The van der Waals surface area contributed by atoms with Gasteiger partial charge in [-0.2, -0.15) is 0 Å².